The molecular weight excluding hydrogens is 377 g/mol. The van der Waals surface area contributed by atoms with Crippen LogP contribution in [0.15, 0.2) is 28.9 Å². The van der Waals surface area contributed by atoms with Gasteiger partial charge in [0, 0.05) is 35.8 Å². The van der Waals surface area contributed by atoms with Crippen molar-refractivity contribution in [3.8, 4) is 11.4 Å². The number of alkyl halides is 3. The minimum Gasteiger partial charge on any atom is -0.380 e. The summed E-state index contributed by atoms with van der Waals surface area (Å²) in [5.74, 6) is -1.57. The zero-order valence-corrected chi connectivity index (χ0v) is 14.9. The smallest absolute Gasteiger partial charge is 0.380 e. The van der Waals surface area contributed by atoms with E-state index in [-0.39, 0.29) is 17.6 Å². The number of rotatable bonds is 5. The van der Waals surface area contributed by atoms with Crippen LogP contribution in [0.25, 0.3) is 22.3 Å². The second-order valence-electron chi connectivity index (χ2n) is 6.68. The molecule has 1 aliphatic rings. The van der Waals surface area contributed by atoms with Crippen molar-refractivity contribution in [3.63, 3.8) is 0 Å². The molecule has 148 valence electrons. The molecule has 0 atom stereocenters. The SMILES string of the molecule is Cc1cn(CCNC(=O)C2COC2)c2ccc(-c3noc(C(F)(F)F)n3)cc12. The number of hydrogen-bond donors (Lipinski definition) is 1. The Labute approximate surface area is 157 Å². The lowest BCUT2D eigenvalue weighted by molar-refractivity contribution is -0.159. The van der Waals surface area contributed by atoms with Gasteiger partial charge in [0.1, 0.15) is 0 Å². The summed E-state index contributed by atoms with van der Waals surface area (Å²) in [6.07, 6.45) is -2.74. The van der Waals surface area contributed by atoms with Crippen molar-refractivity contribution >= 4 is 16.8 Å². The van der Waals surface area contributed by atoms with Crippen LogP contribution in [0.2, 0.25) is 0 Å². The molecule has 0 unspecified atom stereocenters. The lowest BCUT2D eigenvalue weighted by Crippen LogP contribution is -2.43. The van der Waals surface area contributed by atoms with Crippen LogP contribution in [-0.2, 0) is 22.3 Å². The summed E-state index contributed by atoms with van der Waals surface area (Å²) in [4.78, 5) is 15.3. The van der Waals surface area contributed by atoms with Gasteiger partial charge < -0.3 is 19.1 Å². The first kappa shape index (κ1) is 18.5. The molecule has 1 fully saturated rings. The summed E-state index contributed by atoms with van der Waals surface area (Å²) < 4.78 is 49.2. The standard InChI is InChI=1S/C18H17F3N4O3/c1-10-7-25(5-4-22-16(26)12-8-27-9-12)14-3-2-11(6-13(10)14)15-23-17(28-24-15)18(19,20)21/h2-3,6-7,12H,4-5,8-9H2,1H3,(H,22,26). The molecule has 0 bridgehead atoms. The molecule has 3 aromatic rings. The summed E-state index contributed by atoms with van der Waals surface area (Å²) in [5.41, 5.74) is 2.29. The van der Waals surface area contributed by atoms with Gasteiger partial charge >= 0.3 is 12.1 Å². The van der Waals surface area contributed by atoms with E-state index in [2.05, 4.69) is 20.0 Å². The van der Waals surface area contributed by atoms with Crippen LogP contribution in [0.5, 0.6) is 0 Å². The fraction of sp³-hybridized carbons (Fsp3) is 0.389. The number of halogens is 3. The molecule has 2 aromatic heterocycles. The number of carbonyl (C=O) groups excluding carboxylic acids is 1. The summed E-state index contributed by atoms with van der Waals surface area (Å²) in [6, 6.07) is 5.17. The van der Waals surface area contributed by atoms with E-state index in [0.29, 0.717) is 31.9 Å². The number of ether oxygens (including phenoxy) is 1. The van der Waals surface area contributed by atoms with Gasteiger partial charge in [-0.15, -0.1) is 0 Å². The van der Waals surface area contributed by atoms with E-state index in [1.54, 1.807) is 18.2 Å². The van der Waals surface area contributed by atoms with Gasteiger partial charge in [-0.2, -0.15) is 18.2 Å². The van der Waals surface area contributed by atoms with Gasteiger partial charge in [-0.3, -0.25) is 4.79 Å². The molecule has 1 aromatic carbocycles. The highest BCUT2D eigenvalue weighted by Crippen LogP contribution is 2.31. The Bertz CT molecular complexity index is 1020. The Kier molecular flexibility index (Phi) is 4.58. The molecule has 0 spiro atoms. The van der Waals surface area contributed by atoms with Crippen LogP contribution in [0, 0.1) is 12.8 Å². The summed E-state index contributed by atoms with van der Waals surface area (Å²) in [7, 11) is 0. The number of hydrogen-bond acceptors (Lipinski definition) is 5. The Morgan fingerprint density at radius 3 is 2.79 bits per heavy atom. The van der Waals surface area contributed by atoms with E-state index < -0.39 is 12.1 Å². The summed E-state index contributed by atoms with van der Waals surface area (Å²) in [6.45, 7) is 3.88. The number of nitrogens with one attached hydrogen (secondary N) is 1. The van der Waals surface area contributed by atoms with Crippen LogP contribution >= 0.6 is 0 Å². The Hall–Kier alpha value is -2.88. The van der Waals surface area contributed by atoms with Crippen molar-refractivity contribution in [1.82, 2.24) is 20.0 Å². The summed E-state index contributed by atoms with van der Waals surface area (Å²) in [5, 5.41) is 7.18. The van der Waals surface area contributed by atoms with Crippen LogP contribution in [0.4, 0.5) is 13.2 Å². The van der Waals surface area contributed by atoms with Gasteiger partial charge in [-0.25, -0.2) is 0 Å². The first-order chi connectivity index (χ1) is 13.3. The van der Waals surface area contributed by atoms with Gasteiger partial charge in [0.25, 0.3) is 0 Å². The topological polar surface area (TPSA) is 82.2 Å². The van der Waals surface area contributed by atoms with Crippen molar-refractivity contribution in [3.05, 3.63) is 35.9 Å². The largest absolute Gasteiger partial charge is 0.471 e. The predicted octanol–water partition coefficient (Wildman–Crippen LogP) is 2.78. The maximum atomic E-state index is 12.7. The summed E-state index contributed by atoms with van der Waals surface area (Å²) >= 11 is 0. The highest BCUT2D eigenvalue weighted by atomic mass is 19.4. The van der Waals surface area contributed by atoms with Crippen molar-refractivity contribution in [2.75, 3.05) is 19.8 Å². The monoisotopic (exact) mass is 394 g/mol. The number of aromatic nitrogens is 3. The number of fused-ring (bicyclic) bond motifs is 1. The molecule has 1 aliphatic heterocycles. The zero-order valence-electron chi connectivity index (χ0n) is 14.9. The molecule has 0 radical (unpaired) electrons. The highest BCUT2D eigenvalue weighted by molar-refractivity contribution is 5.87. The van der Waals surface area contributed by atoms with Gasteiger partial charge in [0.15, 0.2) is 0 Å². The molecule has 10 heteroatoms. The molecule has 7 nitrogen and oxygen atoms in total. The number of carbonyl (C=O) groups is 1. The molecule has 1 N–H and O–H groups in total. The Balaban J connectivity index is 1.51. The normalized spacial score (nSPS) is 15.0. The lowest BCUT2D eigenvalue weighted by Gasteiger charge is -2.24. The highest BCUT2D eigenvalue weighted by Gasteiger charge is 2.38. The van der Waals surface area contributed by atoms with Crippen LogP contribution in [0.3, 0.4) is 0 Å². The number of amides is 1. The van der Waals surface area contributed by atoms with E-state index in [1.165, 1.54) is 0 Å². The predicted molar refractivity (Wildman–Crippen MR) is 92.3 cm³/mol. The van der Waals surface area contributed by atoms with Crippen molar-refractivity contribution in [1.29, 1.82) is 0 Å². The lowest BCUT2D eigenvalue weighted by atomic mass is 10.1. The minimum atomic E-state index is -4.68. The van der Waals surface area contributed by atoms with Gasteiger partial charge in [-0.05, 0) is 30.7 Å². The molecule has 0 saturated carbocycles. The number of nitrogens with zero attached hydrogens (tertiary/aromatic N) is 3. The fourth-order valence-electron chi connectivity index (χ4n) is 3.09. The van der Waals surface area contributed by atoms with E-state index in [4.69, 9.17) is 4.74 Å². The van der Waals surface area contributed by atoms with Crippen LogP contribution < -0.4 is 5.32 Å². The molecule has 0 aliphatic carbocycles. The van der Waals surface area contributed by atoms with Crippen molar-refractivity contribution in [2.45, 2.75) is 19.6 Å². The third kappa shape index (κ3) is 3.47. The second kappa shape index (κ2) is 6.93. The molecule has 1 amide bonds. The minimum absolute atomic E-state index is 0.0145. The van der Waals surface area contributed by atoms with E-state index in [9.17, 15) is 18.0 Å². The number of benzene rings is 1. The molecule has 3 heterocycles. The van der Waals surface area contributed by atoms with Crippen LogP contribution in [-0.4, -0.2) is 40.4 Å². The molecule has 28 heavy (non-hydrogen) atoms. The van der Waals surface area contributed by atoms with Crippen molar-refractivity contribution < 1.29 is 27.2 Å². The first-order valence-electron chi connectivity index (χ1n) is 8.69. The maximum absolute atomic E-state index is 12.7. The van der Waals surface area contributed by atoms with Crippen molar-refractivity contribution in [2.24, 2.45) is 5.92 Å². The average molecular weight is 394 g/mol. The quantitative estimate of drug-likeness (QED) is 0.720. The second-order valence-corrected chi connectivity index (χ2v) is 6.68. The molecule has 4 rings (SSSR count). The fourth-order valence-corrected chi connectivity index (χ4v) is 3.09. The Morgan fingerprint density at radius 2 is 2.14 bits per heavy atom. The van der Waals surface area contributed by atoms with Gasteiger partial charge in [0.2, 0.25) is 11.7 Å². The van der Waals surface area contributed by atoms with Gasteiger partial charge in [-0.1, -0.05) is 5.16 Å². The average Bonchev–Trinajstić information content (AvgIpc) is 3.19. The maximum Gasteiger partial charge on any atom is 0.471 e. The number of aryl methyl sites for hydroxylation is 1. The Morgan fingerprint density at radius 1 is 1.36 bits per heavy atom. The van der Waals surface area contributed by atoms with Gasteiger partial charge in [0.05, 0.1) is 19.1 Å². The molecular formula is C18H17F3N4O3. The zero-order chi connectivity index (χ0) is 19.9. The van der Waals surface area contributed by atoms with E-state index in [0.717, 1.165) is 16.5 Å². The third-order valence-corrected chi connectivity index (χ3v) is 4.67. The van der Waals surface area contributed by atoms with E-state index >= 15 is 0 Å². The first-order valence-corrected chi connectivity index (χ1v) is 8.69. The van der Waals surface area contributed by atoms with E-state index in [1.807, 2.05) is 17.7 Å². The molecule has 1 saturated heterocycles. The van der Waals surface area contributed by atoms with Crippen LogP contribution in [0.1, 0.15) is 11.5 Å². The third-order valence-electron chi connectivity index (χ3n) is 4.67.